The van der Waals surface area contributed by atoms with E-state index in [4.69, 9.17) is 9.15 Å². The van der Waals surface area contributed by atoms with Crippen molar-refractivity contribution >= 4 is 16.7 Å². The molecule has 4 heteroatoms. The zero-order chi connectivity index (χ0) is 13.9. The first-order valence-electron chi connectivity index (χ1n) is 6.40. The van der Waals surface area contributed by atoms with Crippen molar-refractivity contribution in [2.45, 2.75) is 6.92 Å². The molecule has 20 heavy (non-hydrogen) atoms. The van der Waals surface area contributed by atoms with Gasteiger partial charge in [0.25, 0.3) is 0 Å². The molecule has 0 N–H and O–H groups in total. The molecule has 0 aliphatic rings. The number of esters is 1. The van der Waals surface area contributed by atoms with Gasteiger partial charge in [-0.2, -0.15) is 0 Å². The summed E-state index contributed by atoms with van der Waals surface area (Å²) in [4.78, 5) is 15.8. The maximum Gasteiger partial charge on any atom is 0.360 e. The van der Waals surface area contributed by atoms with Gasteiger partial charge in [0.15, 0.2) is 5.69 Å². The third-order valence-electron chi connectivity index (χ3n) is 3.01. The summed E-state index contributed by atoms with van der Waals surface area (Å²) < 4.78 is 10.3. The van der Waals surface area contributed by atoms with Gasteiger partial charge in [-0.25, -0.2) is 9.78 Å². The highest BCUT2D eigenvalue weighted by molar-refractivity contribution is 5.95. The van der Waals surface area contributed by atoms with E-state index in [1.807, 2.05) is 42.5 Å². The van der Waals surface area contributed by atoms with E-state index in [0.717, 1.165) is 16.3 Å². The molecule has 0 atom stereocenters. The molecule has 0 radical (unpaired) electrons. The van der Waals surface area contributed by atoms with Gasteiger partial charge in [0.05, 0.1) is 6.61 Å². The molecule has 4 nitrogen and oxygen atoms in total. The van der Waals surface area contributed by atoms with Crippen molar-refractivity contribution in [1.82, 2.24) is 4.98 Å². The molecular weight excluding hydrogens is 254 g/mol. The van der Waals surface area contributed by atoms with Gasteiger partial charge in [0, 0.05) is 5.56 Å². The van der Waals surface area contributed by atoms with Crippen LogP contribution >= 0.6 is 0 Å². The van der Waals surface area contributed by atoms with Crippen LogP contribution in [0.5, 0.6) is 0 Å². The predicted molar refractivity (Wildman–Crippen MR) is 75.4 cm³/mol. The Labute approximate surface area is 116 Å². The summed E-state index contributed by atoms with van der Waals surface area (Å²) in [5.41, 5.74) is 1.05. The predicted octanol–water partition coefficient (Wildman–Crippen LogP) is 3.67. The van der Waals surface area contributed by atoms with Gasteiger partial charge >= 0.3 is 5.97 Å². The number of fused-ring (bicyclic) bond motifs is 1. The van der Waals surface area contributed by atoms with E-state index in [1.54, 1.807) is 6.92 Å². The fraction of sp³-hybridized carbons (Fsp3) is 0.125. The van der Waals surface area contributed by atoms with E-state index in [-0.39, 0.29) is 5.69 Å². The number of hydrogen-bond donors (Lipinski definition) is 0. The topological polar surface area (TPSA) is 52.3 Å². The van der Waals surface area contributed by atoms with Gasteiger partial charge < -0.3 is 9.15 Å². The Kier molecular flexibility index (Phi) is 3.21. The first-order chi connectivity index (χ1) is 9.79. The molecule has 0 amide bonds. The minimum absolute atomic E-state index is 0.190. The average Bonchev–Trinajstić information content (AvgIpc) is 2.97. The summed E-state index contributed by atoms with van der Waals surface area (Å²) in [6, 6.07) is 13.8. The Bertz CT molecular complexity index is 756. The Hall–Kier alpha value is -2.62. The lowest BCUT2D eigenvalue weighted by Crippen LogP contribution is -2.04. The van der Waals surface area contributed by atoms with Crippen molar-refractivity contribution < 1.29 is 13.9 Å². The largest absolute Gasteiger partial charge is 0.461 e. The van der Waals surface area contributed by atoms with Crippen LogP contribution in [0.15, 0.2) is 53.1 Å². The number of rotatable bonds is 3. The third-order valence-corrected chi connectivity index (χ3v) is 3.01. The van der Waals surface area contributed by atoms with Crippen LogP contribution in [0.4, 0.5) is 0 Å². The minimum atomic E-state index is -0.470. The monoisotopic (exact) mass is 267 g/mol. The minimum Gasteiger partial charge on any atom is -0.461 e. The molecule has 3 rings (SSSR count). The summed E-state index contributed by atoms with van der Waals surface area (Å²) >= 11 is 0. The molecule has 0 fully saturated rings. The Morgan fingerprint density at radius 1 is 1.20 bits per heavy atom. The lowest BCUT2D eigenvalue weighted by Gasteiger charge is -2.02. The van der Waals surface area contributed by atoms with Crippen molar-refractivity contribution in [3.8, 4) is 11.5 Å². The zero-order valence-corrected chi connectivity index (χ0v) is 11.0. The molecule has 1 aromatic heterocycles. The summed E-state index contributed by atoms with van der Waals surface area (Å²) in [5, 5.41) is 2.13. The maximum absolute atomic E-state index is 11.6. The summed E-state index contributed by atoms with van der Waals surface area (Å²) in [7, 11) is 0. The Morgan fingerprint density at radius 3 is 2.85 bits per heavy atom. The van der Waals surface area contributed by atoms with Gasteiger partial charge in [-0.1, -0.05) is 36.4 Å². The van der Waals surface area contributed by atoms with Crippen molar-refractivity contribution in [3.63, 3.8) is 0 Å². The van der Waals surface area contributed by atoms with Crippen LogP contribution in [0.2, 0.25) is 0 Å². The fourth-order valence-electron chi connectivity index (χ4n) is 2.11. The third kappa shape index (κ3) is 2.16. The quantitative estimate of drug-likeness (QED) is 0.679. The number of nitrogens with zero attached hydrogens (tertiary/aromatic N) is 1. The molecule has 3 aromatic rings. The average molecular weight is 267 g/mol. The number of benzene rings is 2. The van der Waals surface area contributed by atoms with Gasteiger partial charge in [-0.05, 0) is 23.8 Å². The lowest BCUT2D eigenvalue weighted by molar-refractivity contribution is 0.0519. The van der Waals surface area contributed by atoms with Crippen LogP contribution in [0, 0.1) is 0 Å². The molecule has 1 heterocycles. The highest BCUT2D eigenvalue weighted by atomic mass is 16.5. The number of carbonyl (C=O) groups excluding carboxylic acids is 1. The van der Waals surface area contributed by atoms with E-state index in [2.05, 4.69) is 4.98 Å². The number of carbonyl (C=O) groups is 1. The zero-order valence-electron chi connectivity index (χ0n) is 11.0. The van der Waals surface area contributed by atoms with Crippen LogP contribution < -0.4 is 0 Å². The van der Waals surface area contributed by atoms with Crippen LogP contribution in [0.3, 0.4) is 0 Å². The Balaban J connectivity index is 2.06. The normalized spacial score (nSPS) is 10.7. The molecule has 0 bridgehead atoms. The molecule has 100 valence electrons. The van der Waals surface area contributed by atoms with Crippen LogP contribution in [0.25, 0.3) is 22.2 Å². The van der Waals surface area contributed by atoms with Gasteiger partial charge in [-0.15, -0.1) is 0 Å². The first kappa shape index (κ1) is 12.4. The van der Waals surface area contributed by atoms with Crippen LogP contribution in [-0.2, 0) is 4.74 Å². The highest BCUT2D eigenvalue weighted by Crippen LogP contribution is 2.27. The fourth-order valence-corrected chi connectivity index (χ4v) is 2.11. The molecule has 2 aromatic carbocycles. The van der Waals surface area contributed by atoms with E-state index >= 15 is 0 Å². The van der Waals surface area contributed by atoms with Gasteiger partial charge in [0.1, 0.15) is 6.26 Å². The number of ether oxygens (including phenoxy) is 1. The number of hydrogen-bond acceptors (Lipinski definition) is 4. The second-order valence-corrected chi connectivity index (χ2v) is 4.29. The summed E-state index contributed by atoms with van der Waals surface area (Å²) in [6.45, 7) is 2.07. The molecule has 0 saturated heterocycles. The van der Waals surface area contributed by atoms with E-state index < -0.39 is 5.97 Å². The first-order valence-corrected chi connectivity index (χ1v) is 6.40. The Morgan fingerprint density at radius 2 is 2.00 bits per heavy atom. The second-order valence-electron chi connectivity index (χ2n) is 4.29. The second kappa shape index (κ2) is 5.17. The molecule has 0 aliphatic heterocycles. The molecule has 0 aliphatic carbocycles. The van der Waals surface area contributed by atoms with Gasteiger partial charge in [0.2, 0.25) is 5.89 Å². The van der Waals surface area contributed by atoms with Crippen molar-refractivity contribution in [2.75, 3.05) is 6.61 Å². The van der Waals surface area contributed by atoms with Crippen molar-refractivity contribution in [2.24, 2.45) is 0 Å². The molecule has 0 spiro atoms. The van der Waals surface area contributed by atoms with E-state index in [9.17, 15) is 4.79 Å². The van der Waals surface area contributed by atoms with Gasteiger partial charge in [-0.3, -0.25) is 0 Å². The van der Waals surface area contributed by atoms with Crippen LogP contribution in [0.1, 0.15) is 17.4 Å². The summed E-state index contributed by atoms with van der Waals surface area (Å²) in [6.07, 6.45) is 1.33. The number of oxazole rings is 1. The number of aromatic nitrogens is 1. The molecular formula is C16H13NO3. The van der Waals surface area contributed by atoms with E-state index in [1.165, 1.54) is 6.26 Å². The van der Waals surface area contributed by atoms with E-state index in [0.29, 0.717) is 12.5 Å². The highest BCUT2D eigenvalue weighted by Gasteiger charge is 2.15. The summed E-state index contributed by atoms with van der Waals surface area (Å²) in [5.74, 6) is -0.0485. The molecule has 0 saturated carbocycles. The standard InChI is InChI=1S/C16H13NO3/c1-2-19-16(18)14-10-20-15(17-14)13-9-5-7-11-6-3-4-8-12(11)13/h3-10H,2H2,1H3. The van der Waals surface area contributed by atoms with Crippen molar-refractivity contribution in [3.05, 3.63) is 54.4 Å². The lowest BCUT2D eigenvalue weighted by atomic mass is 10.0. The molecule has 0 unspecified atom stereocenters. The SMILES string of the molecule is CCOC(=O)c1coc(-c2cccc3ccccc23)n1. The maximum atomic E-state index is 11.6. The van der Waals surface area contributed by atoms with Crippen LogP contribution in [-0.4, -0.2) is 17.6 Å². The smallest absolute Gasteiger partial charge is 0.360 e. The van der Waals surface area contributed by atoms with Crippen molar-refractivity contribution in [1.29, 1.82) is 0 Å².